The molecule has 11 nitrogen and oxygen atoms in total. The number of amides is 2. The number of nitrogens with zero attached hydrogens (tertiary/aromatic N) is 2. The molecule has 0 saturated heterocycles. The summed E-state index contributed by atoms with van der Waals surface area (Å²) in [5.74, 6) is 0.202. The number of hydrogen-bond donors (Lipinski definition) is 4. The fourth-order valence-electron chi connectivity index (χ4n) is 5.11. The van der Waals surface area contributed by atoms with E-state index in [1.165, 1.54) is 12.7 Å². The second-order valence-corrected chi connectivity index (χ2v) is 11.2. The van der Waals surface area contributed by atoms with Crippen molar-refractivity contribution in [1.82, 2.24) is 20.6 Å². The highest BCUT2D eigenvalue weighted by Gasteiger charge is 2.32. The van der Waals surface area contributed by atoms with Crippen molar-refractivity contribution in [3.05, 3.63) is 105 Å². The molecule has 45 heavy (non-hydrogen) atoms. The number of aromatic nitrogens is 1. The largest absolute Gasteiger partial charge is 0.490 e. The molecule has 234 valence electrons. The molecule has 2 amide bonds. The van der Waals surface area contributed by atoms with Crippen molar-refractivity contribution in [2.75, 3.05) is 20.3 Å². The number of carbonyl (C=O) groups excluding carboxylic acids is 2. The van der Waals surface area contributed by atoms with Crippen LogP contribution in [0.25, 0.3) is 10.9 Å². The Morgan fingerprint density at radius 1 is 1.13 bits per heavy atom. The number of esters is 1. The van der Waals surface area contributed by atoms with Crippen molar-refractivity contribution in [3.8, 4) is 11.5 Å². The predicted molar refractivity (Wildman–Crippen MR) is 174 cm³/mol. The molecule has 2 heterocycles. The normalized spacial score (nSPS) is 15.5. The summed E-state index contributed by atoms with van der Waals surface area (Å²) in [5, 5.41) is 21.2. The van der Waals surface area contributed by atoms with Crippen molar-refractivity contribution in [1.29, 1.82) is 0 Å². The van der Waals surface area contributed by atoms with E-state index in [1.54, 1.807) is 31.3 Å². The monoisotopic (exact) mass is 675 g/mol. The van der Waals surface area contributed by atoms with Crippen molar-refractivity contribution < 1.29 is 28.9 Å². The van der Waals surface area contributed by atoms with Gasteiger partial charge in [0.2, 0.25) is 0 Å². The third kappa shape index (κ3) is 7.47. The van der Waals surface area contributed by atoms with Gasteiger partial charge in [0.05, 0.1) is 31.5 Å². The van der Waals surface area contributed by atoms with Crippen LogP contribution in [0.2, 0.25) is 0 Å². The number of hydrogen-bond acceptors (Lipinski definition) is 8. The van der Waals surface area contributed by atoms with Crippen LogP contribution in [0, 0.1) is 0 Å². The summed E-state index contributed by atoms with van der Waals surface area (Å²) in [6.45, 7) is 4.39. The second kappa shape index (κ2) is 14.3. The Hall–Kier alpha value is -4.81. The van der Waals surface area contributed by atoms with Crippen LogP contribution in [0.5, 0.6) is 11.5 Å². The molecule has 3 aromatic carbocycles. The van der Waals surface area contributed by atoms with E-state index in [0.29, 0.717) is 35.9 Å². The zero-order valence-corrected chi connectivity index (χ0v) is 26.6. The molecular weight excluding hydrogens is 642 g/mol. The van der Waals surface area contributed by atoms with Gasteiger partial charge in [-0.05, 0) is 55.3 Å². The van der Waals surface area contributed by atoms with Gasteiger partial charge in [-0.25, -0.2) is 9.59 Å². The second-order valence-electron chi connectivity index (χ2n) is 10.3. The number of para-hydroxylation sites is 1. The topological polar surface area (TPSA) is 135 Å². The number of methoxy groups -OCH3 is 1. The molecule has 0 aliphatic carbocycles. The van der Waals surface area contributed by atoms with E-state index in [-0.39, 0.29) is 12.2 Å². The maximum absolute atomic E-state index is 12.5. The van der Waals surface area contributed by atoms with Gasteiger partial charge in [0.25, 0.3) is 0 Å². The van der Waals surface area contributed by atoms with E-state index < -0.39 is 24.3 Å². The standard InChI is InChI=1S/C33H34BrN5O6/c1-4-44-28-15-22(31-30(32(41)43-3)20(2)36-33(42)37-31)11-14-27(28)45-19-29(40)38-35-16-23-18-39(26-8-6-5-7-25(23)26)17-21-9-12-24(34)13-10-21/h5-16,18,29,31,38,40H,4,17,19H2,1-3H3,(H2,36,37,42)/b35-16+/t29-,31+/m0/s1. The highest BCUT2D eigenvalue weighted by Crippen LogP contribution is 2.35. The highest BCUT2D eigenvalue weighted by molar-refractivity contribution is 9.10. The van der Waals surface area contributed by atoms with E-state index in [2.05, 4.69) is 59.9 Å². The summed E-state index contributed by atoms with van der Waals surface area (Å²) in [5.41, 5.74) is 7.14. The molecule has 5 rings (SSSR count). The molecule has 0 fully saturated rings. The number of nitrogens with one attached hydrogen (secondary N) is 3. The zero-order chi connectivity index (χ0) is 31.9. The number of carbonyl (C=O) groups is 2. The van der Waals surface area contributed by atoms with E-state index in [0.717, 1.165) is 20.9 Å². The van der Waals surface area contributed by atoms with Gasteiger partial charge in [-0.2, -0.15) is 5.10 Å². The predicted octanol–water partition coefficient (Wildman–Crippen LogP) is 4.97. The lowest BCUT2D eigenvalue weighted by atomic mass is 9.95. The molecule has 1 aromatic heterocycles. The Bertz CT molecular complexity index is 1750. The SMILES string of the molecule is CCOc1cc([C@H]2NC(=O)NC(C)=C2C(=O)OC)ccc1OC[C@H](O)N/N=C/c1cn(Cc2ccc(Br)cc2)c2ccccc12. The first-order chi connectivity index (χ1) is 21.8. The summed E-state index contributed by atoms with van der Waals surface area (Å²) in [6, 6.07) is 20.2. The van der Waals surface area contributed by atoms with Gasteiger partial charge in [0.15, 0.2) is 17.7 Å². The quantitative estimate of drug-likeness (QED) is 0.0721. The van der Waals surface area contributed by atoms with E-state index in [1.807, 2.05) is 43.5 Å². The first-order valence-electron chi connectivity index (χ1n) is 14.3. The molecule has 0 spiro atoms. The fraction of sp³-hybridized carbons (Fsp3) is 0.242. The van der Waals surface area contributed by atoms with Gasteiger partial charge in [0.1, 0.15) is 6.61 Å². The molecule has 1 aliphatic rings. The number of allylic oxidation sites excluding steroid dienone is 1. The van der Waals surface area contributed by atoms with Crippen LogP contribution in [0.1, 0.15) is 36.6 Å². The average molecular weight is 677 g/mol. The van der Waals surface area contributed by atoms with Gasteiger partial charge in [0, 0.05) is 39.4 Å². The third-order valence-electron chi connectivity index (χ3n) is 7.18. The third-order valence-corrected chi connectivity index (χ3v) is 7.71. The Morgan fingerprint density at radius 3 is 2.67 bits per heavy atom. The van der Waals surface area contributed by atoms with Gasteiger partial charge in [-0.1, -0.05) is 52.3 Å². The fourth-order valence-corrected chi connectivity index (χ4v) is 5.37. The Balaban J connectivity index is 1.25. The van der Waals surface area contributed by atoms with Crippen molar-refractivity contribution in [2.24, 2.45) is 5.10 Å². The number of ether oxygens (including phenoxy) is 3. The van der Waals surface area contributed by atoms with Crippen molar-refractivity contribution >= 4 is 45.0 Å². The van der Waals surface area contributed by atoms with E-state index in [9.17, 15) is 14.7 Å². The number of urea groups is 1. The molecular formula is C33H34BrN5O6. The lowest BCUT2D eigenvalue weighted by Crippen LogP contribution is -2.45. The molecule has 0 unspecified atom stereocenters. The van der Waals surface area contributed by atoms with E-state index >= 15 is 0 Å². The van der Waals surface area contributed by atoms with Crippen molar-refractivity contribution in [2.45, 2.75) is 32.7 Å². The number of aliphatic hydroxyl groups excluding tert-OH is 1. The van der Waals surface area contributed by atoms with Crippen molar-refractivity contribution in [3.63, 3.8) is 0 Å². The minimum absolute atomic E-state index is 0.126. The molecule has 4 N–H and O–H groups in total. The lowest BCUT2D eigenvalue weighted by molar-refractivity contribution is -0.136. The number of benzene rings is 3. The molecule has 0 saturated carbocycles. The van der Waals surface area contributed by atoms with E-state index in [4.69, 9.17) is 14.2 Å². The van der Waals surface area contributed by atoms with Crippen LogP contribution >= 0.6 is 15.9 Å². The number of rotatable bonds is 12. The minimum Gasteiger partial charge on any atom is -0.490 e. The van der Waals surface area contributed by atoms with Gasteiger partial charge in [-0.3, -0.25) is 5.43 Å². The molecule has 12 heteroatoms. The maximum atomic E-state index is 12.5. The van der Waals surface area contributed by atoms with Crippen LogP contribution in [0.4, 0.5) is 4.79 Å². The Morgan fingerprint density at radius 2 is 1.91 bits per heavy atom. The van der Waals surface area contributed by atoms with Crippen LogP contribution in [0.15, 0.2) is 93.8 Å². The Kier molecular flexibility index (Phi) is 10.1. The average Bonchev–Trinajstić information content (AvgIpc) is 3.37. The molecule has 1 aliphatic heterocycles. The summed E-state index contributed by atoms with van der Waals surface area (Å²) in [4.78, 5) is 24.7. The zero-order valence-electron chi connectivity index (χ0n) is 25.0. The summed E-state index contributed by atoms with van der Waals surface area (Å²) >= 11 is 3.48. The molecule has 2 atom stereocenters. The number of aliphatic hydroxyl groups is 1. The number of hydrazone groups is 1. The van der Waals surface area contributed by atoms with Crippen LogP contribution < -0.4 is 25.5 Å². The first kappa shape index (κ1) is 31.6. The van der Waals surface area contributed by atoms with Crippen LogP contribution in [-0.4, -0.2) is 54.4 Å². The van der Waals surface area contributed by atoms with Crippen LogP contribution in [-0.2, 0) is 16.1 Å². The molecule has 0 radical (unpaired) electrons. The number of fused-ring (bicyclic) bond motifs is 1. The molecule has 4 aromatic rings. The molecule has 0 bridgehead atoms. The number of halogens is 1. The smallest absolute Gasteiger partial charge is 0.337 e. The summed E-state index contributed by atoms with van der Waals surface area (Å²) in [7, 11) is 1.28. The minimum atomic E-state index is -1.12. The summed E-state index contributed by atoms with van der Waals surface area (Å²) < 4.78 is 19.8. The van der Waals surface area contributed by atoms with Crippen LogP contribution in [0.3, 0.4) is 0 Å². The first-order valence-corrected chi connectivity index (χ1v) is 15.1. The summed E-state index contributed by atoms with van der Waals surface area (Å²) in [6.07, 6.45) is 2.59. The van der Waals surface area contributed by atoms with Gasteiger partial charge >= 0.3 is 12.0 Å². The van der Waals surface area contributed by atoms with Gasteiger partial charge < -0.3 is 34.5 Å². The maximum Gasteiger partial charge on any atom is 0.337 e. The Labute approximate surface area is 269 Å². The lowest BCUT2D eigenvalue weighted by Gasteiger charge is -2.28. The van der Waals surface area contributed by atoms with Gasteiger partial charge in [-0.15, -0.1) is 0 Å². The highest BCUT2D eigenvalue weighted by atomic mass is 79.9.